The Morgan fingerprint density at radius 1 is 1.26 bits per heavy atom. The Hall–Kier alpha value is -2.94. The number of carbonyl (C=O) groups excluding carboxylic acids is 1. The van der Waals surface area contributed by atoms with Crippen molar-refractivity contribution >= 4 is 17.6 Å². The lowest BCUT2D eigenvalue weighted by molar-refractivity contribution is -0.119. The standard InChI is InChI=1S/C22H31N7O2/c1-23-22(25-17-8-11-20-26-19(15-31-2)27-29(20)14-17)24-13-16-6-9-18(10-7-16)28-12-4-3-5-21(28)30/h6-7,9-10,17H,3-5,8,11-15H2,1-2H3,(H2,23,24,25). The van der Waals surface area contributed by atoms with Crippen LogP contribution in [0.2, 0.25) is 0 Å². The number of anilines is 1. The van der Waals surface area contributed by atoms with Crippen molar-refractivity contribution < 1.29 is 9.53 Å². The number of ether oxygens (including phenoxy) is 1. The summed E-state index contributed by atoms with van der Waals surface area (Å²) in [5, 5.41) is 11.4. The van der Waals surface area contributed by atoms with Gasteiger partial charge in [0.05, 0.1) is 6.54 Å². The number of rotatable bonds is 6. The van der Waals surface area contributed by atoms with E-state index < -0.39 is 0 Å². The van der Waals surface area contributed by atoms with E-state index in [9.17, 15) is 4.79 Å². The van der Waals surface area contributed by atoms with Crippen molar-refractivity contribution in [3.63, 3.8) is 0 Å². The van der Waals surface area contributed by atoms with Gasteiger partial charge in [0.2, 0.25) is 5.91 Å². The summed E-state index contributed by atoms with van der Waals surface area (Å²) in [5.74, 6) is 2.73. The number of aryl methyl sites for hydroxylation is 1. The molecule has 1 fully saturated rings. The second-order valence-electron chi connectivity index (χ2n) is 8.03. The fraction of sp³-hybridized carbons (Fsp3) is 0.545. The molecule has 1 aromatic carbocycles. The number of carbonyl (C=O) groups is 1. The third-order valence-corrected chi connectivity index (χ3v) is 5.77. The number of aliphatic imine (C=N–C) groups is 1. The van der Waals surface area contributed by atoms with Crippen LogP contribution in [-0.4, -0.2) is 53.4 Å². The van der Waals surface area contributed by atoms with Gasteiger partial charge in [0.25, 0.3) is 0 Å². The van der Waals surface area contributed by atoms with Crippen LogP contribution in [0.15, 0.2) is 29.3 Å². The minimum Gasteiger partial charge on any atom is -0.377 e. The summed E-state index contributed by atoms with van der Waals surface area (Å²) in [6, 6.07) is 8.43. The molecule has 0 saturated carbocycles. The van der Waals surface area contributed by atoms with Gasteiger partial charge in [-0.05, 0) is 37.0 Å². The molecule has 3 heterocycles. The molecular formula is C22H31N7O2. The maximum absolute atomic E-state index is 12.1. The molecule has 0 bridgehead atoms. The van der Waals surface area contributed by atoms with Gasteiger partial charge in [-0.1, -0.05) is 12.1 Å². The van der Waals surface area contributed by atoms with Crippen molar-refractivity contribution in [2.75, 3.05) is 25.6 Å². The van der Waals surface area contributed by atoms with Gasteiger partial charge in [-0.3, -0.25) is 9.79 Å². The Balaban J connectivity index is 1.29. The Morgan fingerprint density at radius 3 is 2.84 bits per heavy atom. The first-order chi connectivity index (χ1) is 15.2. The van der Waals surface area contributed by atoms with Crippen molar-refractivity contribution in [2.45, 2.75) is 57.8 Å². The van der Waals surface area contributed by atoms with E-state index in [2.05, 4.69) is 37.8 Å². The van der Waals surface area contributed by atoms with Crippen molar-refractivity contribution in [3.05, 3.63) is 41.5 Å². The van der Waals surface area contributed by atoms with Crippen LogP contribution in [0.25, 0.3) is 0 Å². The number of fused-ring (bicyclic) bond motifs is 1. The van der Waals surface area contributed by atoms with Crippen molar-refractivity contribution in [1.29, 1.82) is 0 Å². The Bertz CT molecular complexity index is 922. The molecule has 2 aliphatic heterocycles. The third-order valence-electron chi connectivity index (χ3n) is 5.77. The van der Waals surface area contributed by atoms with E-state index in [0.29, 0.717) is 19.6 Å². The maximum atomic E-state index is 12.1. The summed E-state index contributed by atoms with van der Waals surface area (Å²) in [6.45, 7) is 2.67. The van der Waals surface area contributed by atoms with E-state index in [1.165, 1.54) is 0 Å². The second-order valence-corrected chi connectivity index (χ2v) is 8.03. The first-order valence-electron chi connectivity index (χ1n) is 10.9. The van der Waals surface area contributed by atoms with Gasteiger partial charge in [0, 0.05) is 51.8 Å². The number of nitrogens with one attached hydrogen (secondary N) is 2. The van der Waals surface area contributed by atoms with E-state index in [1.54, 1.807) is 14.2 Å². The van der Waals surface area contributed by atoms with Crippen molar-refractivity contribution in [3.8, 4) is 0 Å². The number of amides is 1. The summed E-state index contributed by atoms with van der Waals surface area (Å²) in [4.78, 5) is 22.9. The van der Waals surface area contributed by atoms with Crippen molar-refractivity contribution in [1.82, 2.24) is 25.4 Å². The molecule has 2 N–H and O–H groups in total. The topological polar surface area (TPSA) is 96.7 Å². The minimum atomic E-state index is 0.221. The van der Waals surface area contributed by atoms with E-state index in [1.807, 2.05) is 21.7 Å². The van der Waals surface area contributed by atoms with Crippen LogP contribution in [0.5, 0.6) is 0 Å². The van der Waals surface area contributed by atoms with Gasteiger partial charge in [0.15, 0.2) is 11.8 Å². The number of nitrogens with zero attached hydrogens (tertiary/aromatic N) is 5. The number of hydrogen-bond acceptors (Lipinski definition) is 5. The summed E-state index contributed by atoms with van der Waals surface area (Å²) in [5.41, 5.74) is 2.12. The van der Waals surface area contributed by atoms with Crippen LogP contribution in [-0.2, 0) is 35.6 Å². The number of piperidine rings is 1. The van der Waals surface area contributed by atoms with Gasteiger partial charge in [-0.25, -0.2) is 9.67 Å². The Labute approximate surface area is 182 Å². The molecule has 1 amide bonds. The third kappa shape index (κ3) is 5.22. The highest BCUT2D eigenvalue weighted by Crippen LogP contribution is 2.21. The van der Waals surface area contributed by atoms with Crippen LogP contribution in [0.1, 0.15) is 42.9 Å². The molecule has 1 aromatic heterocycles. The molecule has 4 rings (SSSR count). The molecule has 9 nitrogen and oxygen atoms in total. The number of methoxy groups -OCH3 is 1. The SMILES string of the molecule is CN=C(NCc1ccc(N2CCCCC2=O)cc1)NC1CCc2nc(COC)nn2C1. The summed E-state index contributed by atoms with van der Waals surface area (Å²) in [6.07, 6.45) is 4.57. The molecule has 1 atom stereocenters. The lowest BCUT2D eigenvalue weighted by atomic mass is 10.1. The second kappa shape index (κ2) is 9.91. The van der Waals surface area contributed by atoms with Crippen molar-refractivity contribution in [2.24, 2.45) is 4.99 Å². The van der Waals surface area contributed by atoms with E-state index in [4.69, 9.17) is 4.74 Å². The van der Waals surface area contributed by atoms with E-state index in [-0.39, 0.29) is 11.9 Å². The molecule has 9 heteroatoms. The molecule has 1 unspecified atom stereocenters. The molecule has 2 aromatic rings. The Kier molecular flexibility index (Phi) is 6.81. The van der Waals surface area contributed by atoms with Crippen LogP contribution in [0.4, 0.5) is 5.69 Å². The average molecular weight is 426 g/mol. The lowest BCUT2D eigenvalue weighted by Crippen LogP contribution is -2.46. The molecule has 0 radical (unpaired) electrons. The summed E-state index contributed by atoms with van der Waals surface area (Å²) < 4.78 is 7.09. The van der Waals surface area contributed by atoms with E-state index in [0.717, 1.165) is 67.6 Å². The lowest BCUT2D eigenvalue weighted by Gasteiger charge is -2.27. The van der Waals surface area contributed by atoms with Crippen LogP contribution < -0.4 is 15.5 Å². The normalized spacial score (nSPS) is 19.3. The molecule has 31 heavy (non-hydrogen) atoms. The molecule has 2 aliphatic rings. The van der Waals surface area contributed by atoms with Crippen LogP contribution in [0, 0.1) is 0 Å². The highest BCUT2D eigenvalue weighted by Gasteiger charge is 2.22. The molecule has 0 aliphatic carbocycles. The number of hydrogen-bond donors (Lipinski definition) is 2. The highest BCUT2D eigenvalue weighted by molar-refractivity contribution is 5.93. The maximum Gasteiger partial charge on any atom is 0.226 e. The molecule has 166 valence electrons. The zero-order chi connectivity index (χ0) is 21.6. The summed E-state index contributed by atoms with van der Waals surface area (Å²) in [7, 11) is 3.43. The van der Waals surface area contributed by atoms with Gasteiger partial charge in [-0.2, -0.15) is 5.10 Å². The highest BCUT2D eigenvalue weighted by atomic mass is 16.5. The minimum absolute atomic E-state index is 0.221. The molecule has 0 spiro atoms. The zero-order valence-corrected chi connectivity index (χ0v) is 18.3. The number of guanidine groups is 1. The predicted molar refractivity (Wildman–Crippen MR) is 119 cm³/mol. The van der Waals surface area contributed by atoms with Gasteiger partial charge in [0.1, 0.15) is 12.4 Å². The molecular weight excluding hydrogens is 394 g/mol. The van der Waals surface area contributed by atoms with Crippen LogP contribution in [0.3, 0.4) is 0 Å². The van der Waals surface area contributed by atoms with Gasteiger partial charge in [-0.15, -0.1) is 0 Å². The zero-order valence-electron chi connectivity index (χ0n) is 18.3. The predicted octanol–water partition coefficient (Wildman–Crippen LogP) is 1.62. The van der Waals surface area contributed by atoms with E-state index >= 15 is 0 Å². The van der Waals surface area contributed by atoms with Gasteiger partial charge < -0.3 is 20.3 Å². The first kappa shape index (κ1) is 21.3. The van der Waals surface area contributed by atoms with Gasteiger partial charge >= 0.3 is 0 Å². The average Bonchev–Trinajstić information content (AvgIpc) is 3.19. The monoisotopic (exact) mass is 425 g/mol. The fourth-order valence-electron chi connectivity index (χ4n) is 4.12. The first-order valence-corrected chi connectivity index (χ1v) is 10.9. The largest absolute Gasteiger partial charge is 0.377 e. The molecule has 1 saturated heterocycles. The Morgan fingerprint density at radius 2 is 2.10 bits per heavy atom. The fourth-order valence-corrected chi connectivity index (χ4v) is 4.12. The smallest absolute Gasteiger partial charge is 0.226 e. The van der Waals surface area contributed by atoms with Crippen LogP contribution >= 0.6 is 0 Å². The number of benzene rings is 1. The summed E-state index contributed by atoms with van der Waals surface area (Å²) >= 11 is 0. The quantitative estimate of drug-likeness (QED) is 0.539. The number of aromatic nitrogens is 3.